The molecule has 0 aliphatic carbocycles. The van der Waals surface area contributed by atoms with E-state index >= 15 is 0 Å². The number of rotatable bonds is 6. The first kappa shape index (κ1) is 20.3. The second-order valence-corrected chi connectivity index (χ2v) is 8.83. The highest BCUT2D eigenvalue weighted by molar-refractivity contribution is 7.13. The first-order valence-corrected chi connectivity index (χ1v) is 11.7. The molecule has 8 nitrogen and oxygen atoms in total. The maximum Gasteiger partial charge on any atom is 0.159 e. The average Bonchev–Trinajstić information content (AvgIpc) is 3.62. The Bertz CT molecular complexity index is 1640. The standard InChI is InChI=1S/C25H20N8S/c1-3-14(2)29-16-7-15(9-26-10-16)19-8-17-20(13-28-19)32-33-24(17)25-30-21-12-27-11-18(23(21)31-25)22-5-4-6-34-22/h4-13,29H,2-3H2,1H3,(H,30,31)(H,32,33). The molecule has 0 amide bonds. The Morgan fingerprint density at radius 3 is 2.85 bits per heavy atom. The Labute approximate surface area is 198 Å². The predicted octanol–water partition coefficient (Wildman–Crippen LogP) is 6.02. The fraction of sp³-hybridized carbons (Fsp3) is 0.0800. The zero-order valence-electron chi connectivity index (χ0n) is 18.3. The van der Waals surface area contributed by atoms with Crippen LogP contribution >= 0.6 is 11.3 Å². The number of nitrogens with zero attached hydrogens (tertiary/aromatic N) is 5. The van der Waals surface area contributed by atoms with Gasteiger partial charge in [-0.15, -0.1) is 11.3 Å². The molecule has 0 unspecified atom stereocenters. The van der Waals surface area contributed by atoms with Gasteiger partial charge in [0.15, 0.2) is 5.82 Å². The minimum Gasteiger partial charge on any atom is -0.358 e. The summed E-state index contributed by atoms with van der Waals surface area (Å²) < 4.78 is 0. The molecule has 0 fully saturated rings. The van der Waals surface area contributed by atoms with Gasteiger partial charge in [0.05, 0.1) is 41.0 Å². The molecule has 3 N–H and O–H groups in total. The molecule has 6 aromatic rings. The summed E-state index contributed by atoms with van der Waals surface area (Å²) in [5, 5.41) is 13.9. The Kier molecular flexibility index (Phi) is 4.88. The predicted molar refractivity (Wildman–Crippen MR) is 136 cm³/mol. The third-order valence-corrected chi connectivity index (χ3v) is 6.54. The van der Waals surface area contributed by atoms with Crippen molar-refractivity contribution < 1.29 is 0 Å². The minimum absolute atomic E-state index is 0.678. The van der Waals surface area contributed by atoms with Gasteiger partial charge >= 0.3 is 0 Å². The van der Waals surface area contributed by atoms with E-state index in [1.807, 2.05) is 24.4 Å². The van der Waals surface area contributed by atoms with Gasteiger partial charge in [0.2, 0.25) is 0 Å². The molecule has 0 atom stereocenters. The highest BCUT2D eigenvalue weighted by atomic mass is 32.1. The monoisotopic (exact) mass is 464 g/mol. The van der Waals surface area contributed by atoms with Crippen molar-refractivity contribution in [3.63, 3.8) is 0 Å². The molecule has 9 heteroatoms. The zero-order valence-corrected chi connectivity index (χ0v) is 19.1. The zero-order chi connectivity index (χ0) is 23.1. The lowest BCUT2D eigenvalue weighted by Crippen LogP contribution is -1.97. The van der Waals surface area contributed by atoms with E-state index in [4.69, 9.17) is 4.98 Å². The van der Waals surface area contributed by atoms with Gasteiger partial charge in [-0.1, -0.05) is 19.6 Å². The molecule has 0 saturated heterocycles. The van der Waals surface area contributed by atoms with Gasteiger partial charge in [-0.25, -0.2) is 4.98 Å². The molecule has 0 spiro atoms. The molecular formula is C25H20N8S. The van der Waals surface area contributed by atoms with Gasteiger partial charge in [0, 0.05) is 39.5 Å². The number of allylic oxidation sites excluding steroid dienone is 1. The SMILES string of the molecule is C=C(CC)Nc1cncc(-c2cc3c(-c4nc5c(-c6cccs6)cncc5[nH]4)n[nH]c3cn2)c1. The van der Waals surface area contributed by atoms with Crippen LogP contribution < -0.4 is 5.32 Å². The van der Waals surface area contributed by atoms with Crippen molar-refractivity contribution in [2.75, 3.05) is 5.32 Å². The van der Waals surface area contributed by atoms with Crippen LogP contribution in [-0.4, -0.2) is 35.1 Å². The van der Waals surface area contributed by atoms with Crippen LogP contribution in [0.2, 0.25) is 0 Å². The topological polar surface area (TPSA) is 108 Å². The van der Waals surface area contributed by atoms with Gasteiger partial charge in [0.1, 0.15) is 11.2 Å². The summed E-state index contributed by atoms with van der Waals surface area (Å²) in [6.45, 7) is 6.06. The maximum atomic E-state index is 4.90. The number of fused-ring (bicyclic) bond motifs is 2. The average molecular weight is 465 g/mol. The second kappa shape index (κ2) is 8.20. The van der Waals surface area contributed by atoms with E-state index in [0.29, 0.717) is 5.82 Å². The van der Waals surface area contributed by atoms with Crippen LogP contribution in [0.3, 0.4) is 0 Å². The molecule has 34 heavy (non-hydrogen) atoms. The number of anilines is 1. The Hall–Kier alpha value is -4.37. The van der Waals surface area contributed by atoms with Crippen LogP contribution in [0.4, 0.5) is 5.69 Å². The number of pyridine rings is 3. The van der Waals surface area contributed by atoms with Gasteiger partial charge in [0.25, 0.3) is 0 Å². The molecule has 6 heterocycles. The molecule has 6 aromatic heterocycles. The minimum atomic E-state index is 0.678. The van der Waals surface area contributed by atoms with E-state index < -0.39 is 0 Å². The highest BCUT2D eigenvalue weighted by Crippen LogP contribution is 2.33. The van der Waals surface area contributed by atoms with Crippen molar-refractivity contribution in [2.24, 2.45) is 0 Å². The number of aromatic nitrogens is 7. The van der Waals surface area contributed by atoms with Crippen LogP contribution in [0.25, 0.3) is 55.2 Å². The molecule has 0 aliphatic rings. The van der Waals surface area contributed by atoms with E-state index in [2.05, 4.69) is 60.4 Å². The number of nitrogens with one attached hydrogen (secondary N) is 3. The second-order valence-electron chi connectivity index (χ2n) is 7.88. The van der Waals surface area contributed by atoms with Crippen molar-refractivity contribution >= 4 is 39.0 Å². The number of H-pyrrole nitrogens is 2. The molecule has 6 rings (SSSR count). The summed E-state index contributed by atoms with van der Waals surface area (Å²) >= 11 is 1.67. The van der Waals surface area contributed by atoms with Crippen molar-refractivity contribution in [3.05, 3.63) is 72.9 Å². The van der Waals surface area contributed by atoms with Gasteiger partial charge < -0.3 is 10.3 Å². The molecule has 0 aliphatic heterocycles. The van der Waals surface area contributed by atoms with Crippen molar-refractivity contribution in [3.8, 4) is 33.2 Å². The third-order valence-electron chi connectivity index (χ3n) is 5.63. The van der Waals surface area contributed by atoms with Gasteiger partial charge in [-0.05, 0) is 30.0 Å². The van der Waals surface area contributed by atoms with Crippen LogP contribution in [0.15, 0.2) is 72.9 Å². The molecule has 0 bridgehead atoms. The number of aromatic amines is 2. The van der Waals surface area contributed by atoms with Gasteiger partial charge in [-0.2, -0.15) is 5.10 Å². The molecular weight excluding hydrogens is 444 g/mol. The van der Waals surface area contributed by atoms with Crippen molar-refractivity contribution in [1.29, 1.82) is 0 Å². The summed E-state index contributed by atoms with van der Waals surface area (Å²) in [5.74, 6) is 0.678. The van der Waals surface area contributed by atoms with E-state index in [0.717, 1.165) is 67.1 Å². The largest absolute Gasteiger partial charge is 0.358 e. The first-order valence-electron chi connectivity index (χ1n) is 10.8. The fourth-order valence-electron chi connectivity index (χ4n) is 3.85. The molecule has 0 saturated carbocycles. The van der Waals surface area contributed by atoms with Gasteiger partial charge in [-0.3, -0.25) is 20.1 Å². The lowest BCUT2D eigenvalue weighted by molar-refractivity contribution is 1.10. The normalized spacial score (nSPS) is 11.3. The number of thiophene rings is 1. The number of hydrogen-bond donors (Lipinski definition) is 3. The summed E-state index contributed by atoms with van der Waals surface area (Å²) in [7, 11) is 0. The fourth-order valence-corrected chi connectivity index (χ4v) is 4.59. The summed E-state index contributed by atoms with van der Waals surface area (Å²) in [6, 6.07) is 8.13. The molecule has 0 aromatic carbocycles. The Morgan fingerprint density at radius 2 is 2.00 bits per heavy atom. The lowest BCUT2D eigenvalue weighted by atomic mass is 10.1. The highest BCUT2D eigenvalue weighted by Gasteiger charge is 2.17. The Balaban J connectivity index is 1.43. The molecule has 166 valence electrons. The first-order chi connectivity index (χ1) is 16.7. The van der Waals surface area contributed by atoms with E-state index in [1.54, 1.807) is 36.1 Å². The smallest absolute Gasteiger partial charge is 0.159 e. The van der Waals surface area contributed by atoms with E-state index in [1.165, 1.54) is 0 Å². The summed E-state index contributed by atoms with van der Waals surface area (Å²) in [6.07, 6.45) is 9.85. The maximum absolute atomic E-state index is 4.90. The van der Waals surface area contributed by atoms with Crippen molar-refractivity contribution in [2.45, 2.75) is 13.3 Å². The third kappa shape index (κ3) is 3.52. The van der Waals surface area contributed by atoms with Crippen LogP contribution in [0.5, 0.6) is 0 Å². The van der Waals surface area contributed by atoms with Crippen LogP contribution in [0, 0.1) is 0 Å². The Morgan fingerprint density at radius 1 is 1.09 bits per heavy atom. The lowest BCUT2D eigenvalue weighted by Gasteiger charge is -2.08. The quantitative estimate of drug-likeness (QED) is 0.278. The summed E-state index contributed by atoms with van der Waals surface area (Å²) in [5.41, 5.74) is 7.81. The van der Waals surface area contributed by atoms with Crippen LogP contribution in [-0.2, 0) is 0 Å². The van der Waals surface area contributed by atoms with Crippen LogP contribution in [0.1, 0.15) is 13.3 Å². The summed E-state index contributed by atoms with van der Waals surface area (Å²) in [4.78, 5) is 22.8. The number of imidazole rings is 1. The molecule has 0 radical (unpaired) electrons. The van der Waals surface area contributed by atoms with E-state index in [-0.39, 0.29) is 0 Å². The number of hydrogen-bond acceptors (Lipinski definition) is 7. The van der Waals surface area contributed by atoms with E-state index in [9.17, 15) is 0 Å². The van der Waals surface area contributed by atoms with Crippen molar-refractivity contribution in [1.82, 2.24) is 35.1 Å².